The van der Waals surface area contributed by atoms with Gasteiger partial charge in [-0.05, 0) is 18.6 Å². The molecule has 1 aromatic heterocycles. The van der Waals surface area contributed by atoms with E-state index in [1.807, 2.05) is 6.92 Å². The number of hydrogen-bond acceptors (Lipinski definition) is 6. The fraction of sp³-hybridized carbons (Fsp3) is 0.400. The monoisotopic (exact) mass is 352 g/mol. The van der Waals surface area contributed by atoms with Crippen molar-refractivity contribution in [2.24, 2.45) is 0 Å². The van der Waals surface area contributed by atoms with Gasteiger partial charge in [0, 0.05) is 12.6 Å². The van der Waals surface area contributed by atoms with Gasteiger partial charge in [0.1, 0.15) is 11.5 Å². The number of nitrogens with zero attached hydrogens (tertiary/aromatic N) is 2. The number of aromatic amines is 1. The average Bonchev–Trinajstić information content (AvgIpc) is 2.93. The number of H-pyrrole nitrogens is 1. The first-order chi connectivity index (χ1) is 11.6. The highest BCUT2D eigenvalue weighted by Crippen LogP contribution is 2.29. The zero-order valence-corrected chi connectivity index (χ0v) is 14.6. The molecule has 0 fully saturated rings. The van der Waals surface area contributed by atoms with E-state index in [0.717, 1.165) is 6.42 Å². The van der Waals surface area contributed by atoms with Crippen LogP contribution in [0.2, 0.25) is 0 Å². The number of rotatable bonds is 8. The highest BCUT2D eigenvalue weighted by molar-refractivity contribution is 7.99. The molecule has 0 atom stereocenters. The van der Waals surface area contributed by atoms with Gasteiger partial charge >= 0.3 is 5.69 Å². The Morgan fingerprint density at radius 3 is 2.83 bits per heavy atom. The summed E-state index contributed by atoms with van der Waals surface area (Å²) in [6.45, 7) is 2.53. The fourth-order valence-electron chi connectivity index (χ4n) is 2.06. The van der Waals surface area contributed by atoms with Gasteiger partial charge in [-0.2, -0.15) is 0 Å². The Labute approximate surface area is 143 Å². The van der Waals surface area contributed by atoms with Gasteiger partial charge in [-0.15, -0.1) is 5.10 Å². The molecule has 0 bridgehead atoms. The minimum Gasteiger partial charge on any atom is -0.497 e. The number of anilines is 1. The number of ether oxygens (including phenoxy) is 2. The number of methoxy groups -OCH3 is 2. The van der Waals surface area contributed by atoms with E-state index in [0.29, 0.717) is 28.9 Å². The topological polar surface area (TPSA) is 98.2 Å². The largest absolute Gasteiger partial charge is 0.497 e. The molecular formula is C15H20N4O4S. The van der Waals surface area contributed by atoms with Gasteiger partial charge < -0.3 is 14.8 Å². The van der Waals surface area contributed by atoms with Gasteiger partial charge in [0.2, 0.25) is 5.91 Å². The van der Waals surface area contributed by atoms with Crippen molar-refractivity contribution in [3.63, 3.8) is 0 Å². The number of amides is 1. The summed E-state index contributed by atoms with van der Waals surface area (Å²) in [5.74, 6) is 1.04. The molecule has 0 aliphatic rings. The molecule has 8 nitrogen and oxygen atoms in total. The molecular weight excluding hydrogens is 332 g/mol. The number of aromatic nitrogens is 3. The molecule has 9 heteroatoms. The Balaban J connectivity index is 2.03. The molecule has 2 aromatic rings. The van der Waals surface area contributed by atoms with Crippen LogP contribution in [0.15, 0.2) is 28.2 Å². The maximum atomic E-state index is 12.2. The molecule has 130 valence electrons. The van der Waals surface area contributed by atoms with Crippen LogP contribution in [0.3, 0.4) is 0 Å². The molecule has 2 N–H and O–H groups in total. The van der Waals surface area contributed by atoms with E-state index in [9.17, 15) is 9.59 Å². The SMILES string of the molecule is CCCn1c(SCC(=O)Nc2cc(OC)ccc2OC)n[nH]c1=O. The Bertz CT molecular complexity index is 756. The van der Waals surface area contributed by atoms with Crippen LogP contribution in [0.25, 0.3) is 0 Å². The first kappa shape index (κ1) is 17.9. The Morgan fingerprint density at radius 1 is 1.38 bits per heavy atom. The van der Waals surface area contributed by atoms with Gasteiger partial charge in [-0.25, -0.2) is 9.89 Å². The van der Waals surface area contributed by atoms with Crippen LogP contribution < -0.4 is 20.5 Å². The van der Waals surface area contributed by atoms with Gasteiger partial charge in [-0.3, -0.25) is 9.36 Å². The number of benzene rings is 1. The van der Waals surface area contributed by atoms with E-state index >= 15 is 0 Å². The van der Waals surface area contributed by atoms with Crippen molar-refractivity contribution >= 4 is 23.4 Å². The second kappa shape index (κ2) is 8.44. The molecule has 0 unspecified atom stereocenters. The zero-order chi connectivity index (χ0) is 17.5. The molecule has 1 heterocycles. The predicted molar refractivity (Wildman–Crippen MR) is 92.0 cm³/mol. The second-order valence-electron chi connectivity index (χ2n) is 4.87. The van der Waals surface area contributed by atoms with Crippen molar-refractivity contribution in [3.8, 4) is 11.5 Å². The molecule has 0 aliphatic heterocycles. The van der Waals surface area contributed by atoms with E-state index in [2.05, 4.69) is 15.5 Å². The van der Waals surface area contributed by atoms with E-state index < -0.39 is 0 Å². The number of carbonyl (C=O) groups is 1. The van der Waals surface area contributed by atoms with Crippen LogP contribution in [-0.4, -0.2) is 40.6 Å². The lowest BCUT2D eigenvalue weighted by Gasteiger charge is -2.11. The normalized spacial score (nSPS) is 10.5. The highest BCUT2D eigenvalue weighted by Gasteiger charge is 2.13. The van der Waals surface area contributed by atoms with Crippen LogP contribution in [-0.2, 0) is 11.3 Å². The maximum Gasteiger partial charge on any atom is 0.343 e. The minimum absolute atomic E-state index is 0.119. The van der Waals surface area contributed by atoms with Gasteiger partial charge in [0.15, 0.2) is 5.16 Å². The number of thioether (sulfide) groups is 1. The maximum absolute atomic E-state index is 12.2. The summed E-state index contributed by atoms with van der Waals surface area (Å²) >= 11 is 1.20. The Kier molecular flexibility index (Phi) is 6.30. The molecule has 0 saturated carbocycles. The van der Waals surface area contributed by atoms with Crippen LogP contribution in [0.4, 0.5) is 5.69 Å². The summed E-state index contributed by atoms with van der Waals surface area (Å²) < 4.78 is 11.9. The molecule has 0 radical (unpaired) electrons. The van der Waals surface area contributed by atoms with Crippen LogP contribution in [0.5, 0.6) is 11.5 Å². The van der Waals surface area contributed by atoms with Gasteiger partial charge in [-0.1, -0.05) is 18.7 Å². The van der Waals surface area contributed by atoms with Crippen molar-refractivity contribution in [1.29, 1.82) is 0 Å². The second-order valence-corrected chi connectivity index (χ2v) is 5.81. The van der Waals surface area contributed by atoms with Crippen LogP contribution in [0.1, 0.15) is 13.3 Å². The van der Waals surface area contributed by atoms with Crippen LogP contribution in [0, 0.1) is 0 Å². The summed E-state index contributed by atoms with van der Waals surface area (Å²) in [5.41, 5.74) is 0.254. The van der Waals surface area contributed by atoms with Crippen LogP contribution >= 0.6 is 11.8 Å². The van der Waals surface area contributed by atoms with Crippen molar-refractivity contribution in [3.05, 3.63) is 28.7 Å². The number of nitrogens with one attached hydrogen (secondary N) is 2. The average molecular weight is 352 g/mol. The minimum atomic E-state index is -0.269. The number of carbonyl (C=O) groups excluding carboxylic acids is 1. The molecule has 2 rings (SSSR count). The van der Waals surface area contributed by atoms with E-state index in [-0.39, 0.29) is 17.3 Å². The third-order valence-electron chi connectivity index (χ3n) is 3.18. The lowest BCUT2D eigenvalue weighted by molar-refractivity contribution is -0.113. The Hall–Kier alpha value is -2.42. The van der Waals surface area contributed by atoms with Gasteiger partial charge in [0.05, 0.1) is 25.7 Å². The van der Waals surface area contributed by atoms with E-state index in [1.165, 1.54) is 23.4 Å². The summed E-state index contributed by atoms with van der Waals surface area (Å²) in [6, 6.07) is 5.15. The lowest BCUT2D eigenvalue weighted by atomic mass is 10.2. The predicted octanol–water partition coefficient (Wildman–Crippen LogP) is 1.73. The smallest absolute Gasteiger partial charge is 0.343 e. The first-order valence-corrected chi connectivity index (χ1v) is 8.37. The molecule has 0 saturated heterocycles. The van der Waals surface area contributed by atoms with E-state index in [4.69, 9.17) is 9.47 Å². The summed E-state index contributed by atoms with van der Waals surface area (Å²) in [6.07, 6.45) is 0.806. The molecule has 1 aromatic carbocycles. The first-order valence-electron chi connectivity index (χ1n) is 7.39. The zero-order valence-electron chi connectivity index (χ0n) is 13.8. The van der Waals surface area contributed by atoms with Crippen molar-refractivity contribution < 1.29 is 14.3 Å². The van der Waals surface area contributed by atoms with Crippen molar-refractivity contribution in [2.45, 2.75) is 25.0 Å². The number of hydrogen-bond donors (Lipinski definition) is 2. The lowest BCUT2D eigenvalue weighted by Crippen LogP contribution is -2.18. The third kappa shape index (κ3) is 4.31. The molecule has 24 heavy (non-hydrogen) atoms. The highest BCUT2D eigenvalue weighted by atomic mass is 32.2. The fourth-order valence-corrected chi connectivity index (χ4v) is 2.83. The summed E-state index contributed by atoms with van der Waals surface area (Å²) in [4.78, 5) is 23.8. The van der Waals surface area contributed by atoms with Crippen molar-refractivity contribution in [1.82, 2.24) is 14.8 Å². The third-order valence-corrected chi connectivity index (χ3v) is 4.16. The molecule has 1 amide bonds. The van der Waals surface area contributed by atoms with E-state index in [1.54, 1.807) is 25.3 Å². The summed E-state index contributed by atoms with van der Waals surface area (Å²) in [7, 11) is 3.08. The van der Waals surface area contributed by atoms with Gasteiger partial charge in [0.25, 0.3) is 0 Å². The molecule has 0 spiro atoms. The standard InChI is InChI=1S/C15H20N4O4S/c1-4-7-19-14(21)17-18-15(19)24-9-13(20)16-11-8-10(22-2)5-6-12(11)23-3/h5-6,8H,4,7,9H2,1-3H3,(H,16,20)(H,17,21). The van der Waals surface area contributed by atoms with Crippen molar-refractivity contribution in [2.75, 3.05) is 25.3 Å². The quantitative estimate of drug-likeness (QED) is 0.702. The summed E-state index contributed by atoms with van der Waals surface area (Å²) in [5, 5.41) is 9.60. The molecule has 0 aliphatic carbocycles. The Morgan fingerprint density at radius 2 is 2.17 bits per heavy atom.